The molecule has 1 N–H and O–H groups in total. The zero-order valence-corrected chi connectivity index (χ0v) is 15.4. The first-order valence-electron chi connectivity index (χ1n) is 9.07. The average molecular weight is 351 g/mol. The highest BCUT2D eigenvalue weighted by Crippen LogP contribution is 2.23. The van der Waals surface area contributed by atoms with Crippen LogP contribution in [0, 0.1) is 13.8 Å². The van der Waals surface area contributed by atoms with Crippen LogP contribution in [-0.4, -0.2) is 41.2 Å². The minimum atomic E-state index is -0.0262. The van der Waals surface area contributed by atoms with E-state index in [1.54, 1.807) is 12.4 Å². The van der Waals surface area contributed by atoms with Gasteiger partial charge >= 0.3 is 0 Å². The van der Waals surface area contributed by atoms with Crippen LogP contribution in [0.5, 0.6) is 0 Å². The first kappa shape index (κ1) is 18.3. The van der Waals surface area contributed by atoms with Crippen molar-refractivity contribution in [3.63, 3.8) is 0 Å². The van der Waals surface area contributed by atoms with Crippen LogP contribution in [0.2, 0.25) is 0 Å². The molecule has 5 nitrogen and oxygen atoms in total. The number of ketones is 1. The number of amides is 1. The van der Waals surface area contributed by atoms with Gasteiger partial charge in [0.1, 0.15) is 0 Å². The van der Waals surface area contributed by atoms with E-state index >= 15 is 0 Å². The Bertz CT molecular complexity index is 789. The van der Waals surface area contributed by atoms with Crippen LogP contribution >= 0.6 is 0 Å². The molecule has 0 spiro atoms. The van der Waals surface area contributed by atoms with Crippen molar-refractivity contribution in [1.29, 1.82) is 0 Å². The molecule has 1 aliphatic rings. The lowest BCUT2D eigenvalue weighted by Gasteiger charge is -2.36. The van der Waals surface area contributed by atoms with Gasteiger partial charge in [-0.15, -0.1) is 0 Å². The van der Waals surface area contributed by atoms with Gasteiger partial charge in [0, 0.05) is 50.4 Å². The van der Waals surface area contributed by atoms with Crippen LogP contribution in [0.4, 0.5) is 0 Å². The molecule has 2 aromatic rings. The van der Waals surface area contributed by atoms with Gasteiger partial charge in [0.05, 0.1) is 6.04 Å². The lowest BCUT2D eigenvalue weighted by molar-refractivity contribution is -0.134. The number of hydrogen-bond donors (Lipinski definition) is 1. The standard InChI is InChI=1S/C21H25N3O2/c1-15-5-6-17(12-16(15)2)20(25)7-8-21(26)24-11-10-23-14-19(24)18-4-3-9-22-13-18/h3-6,9,12-13,19,23H,7-8,10-11,14H2,1-2H3. The summed E-state index contributed by atoms with van der Waals surface area (Å²) in [5.74, 6) is 0.0482. The summed E-state index contributed by atoms with van der Waals surface area (Å²) >= 11 is 0. The Labute approximate surface area is 154 Å². The fourth-order valence-electron chi connectivity index (χ4n) is 3.30. The number of carbonyl (C=O) groups is 2. The van der Waals surface area contributed by atoms with E-state index in [0.717, 1.165) is 23.2 Å². The van der Waals surface area contributed by atoms with Crippen molar-refractivity contribution in [3.8, 4) is 0 Å². The molecule has 1 aromatic heterocycles. The van der Waals surface area contributed by atoms with E-state index in [0.29, 0.717) is 18.7 Å². The molecule has 1 fully saturated rings. The zero-order valence-electron chi connectivity index (χ0n) is 15.4. The molecule has 1 aromatic carbocycles. The van der Waals surface area contributed by atoms with Crippen molar-refractivity contribution >= 4 is 11.7 Å². The fourth-order valence-corrected chi connectivity index (χ4v) is 3.30. The molecule has 136 valence electrons. The summed E-state index contributed by atoms with van der Waals surface area (Å²) in [7, 11) is 0. The molecule has 5 heteroatoms. The van der Waals surface area contributed by atoms with E-state index in [-0.39, 0.29) is 30.6 Å². The molecule has 1 saturated heterocycles. The van der Waals surface area contributed by atoms with Crippen molar-refractivity contribution in [3.05, 3.63) is 65.0 Å². The minimum Gasteiger partial charge on any atom is -0.333 e. The second kappa shape index (κ2) is 8.23. The maximum absolute atomic E-state index is 12.8. The van der Waals surface area contributed by atoms with Crippen LogP contribution in [0.3, 0.4) is 0 Å². The monoisotopic (exact) mass is 351 g/mol. The van der Waals surface area contributed by atoms with Crippen LogP contribution in [0.15, 0.2) is 42.7 Å². The first-order chi connectivity index (χ1) is 12.6. The van der Waals surface area contributed by atoms with Crippen LogP contribution < -0.4 is 5.32 Å². The molecule has 1 atom stereocenters. The van der Waals surface area contributed by atoms with Gasteiger partial charge < -0.3 is 10.2 Å². The summed E-state index contributed by atoms with van der Waals surface area (Å²) in [5.41, 5.74) is 3.97. The van der Waals surface area contributed by atoms with Crippen molar-refractivity contribution < 1.29 is 9.59 Å². The normalized spacial score (nSPS) is 17.2. The number of rotatable bonds is 5. The number of aryl methyl sites for hydroxylation is 2. The van der Waals surface area contributed by atoms with Crippen molar-refractivity contribution in [1.82, 2.24) is 15.2 Å². The number of nitrogens with zero attached hydrogens (tertiary/aromatic N) is 2. The molecule has 0 saturated carbocycles. The quantitative estimate of drug-likeness (QED) is 0.842. The van der Waals surface area contributed by atoms with Gasteiger partial charge in [-0.2, -0.15) is 0 Å². The van der Waals surface area contributed by atoms with E-state index in [2.05, 4.69) is 10.3 Å². The Balaban J connectivity index is 1.64. The molecule has 0 aliphatic carbocycles. The van der Waals surface area contributed by atoms with Gasteiger partial charge in [-0.05, 0) is 42.7 Å². The number of hydrogen-bond acceptors (Lipinski definition) is 4. The fraction of sp³-hybridized carbons (Fsp3) is 0.381. The number of pyridine rings is 1. The van der Waals surface area contributed by atoms with E-state index in [4.69, 9.17) is 0 Å². The first-order valence-corrected chi connectivity index (χ1v) is 9.07. The van der Waals surface area contributed by atoms with E-state index < -0.39 is 0 Å². The number of piperazine rings is 1. The zero-order chi connectivity index (χ0) is 18.5. The predicted octanol–water partition coefficient (Wildman–Crippen LogP) is 2.83. The second-order valence-electron chi connectivity index (χ2n) is 6.82. The number of aromatic nitrogens is 1. The summed E-state index contributed by atoms with van der Waals surface area (Å²) in [6.45, 7) is 6.15. The highest BCUT2D eigenvalue weighted by Gasteiger charge is 2.28. The van der Waals surface area contributed by atoms with Crippen molar-refractivity contribution in [2.45, 2.75) is 32.7 Å². The van der Waals surface area contributed by atoms with Crippen molar-refractivity contribution in [2.24, 2.45) is 0 Å². The van der Waals surface area contributed by atoms with E-state index in [9.17, 15) is 9.59 Å². The average Bonchev–Trinajstić information content (AvgIpc) is 2.68. The molecule has 2 heterocycles. The summed E-state index contributed by atoms with van der Waals surface area (Å²) in [6.07, 6.45) is 4.01. The van der Waals surface area contributed by atoms with Crippen LogP contribution in [0.1, 0.15) is 45.9 Å². The number of Topliss-reactive ketones (excluding diaryl/α,β-unsaturated/α-hetero) is 1. The van der Waals surface area contributed by atoms with Gasteiger partial charge in [-0.1, -0.05) is 18.2 Å². The Hall–Kier alpha value is -2.53. The highest BCUT2D eigenvalue weighted by molar-refractivity contribution is 5.98. The Morgan fingerprint density at radius 1 is 1.19 bits per heavy atom. The topological polar surface area (TPSA) is 62.3 Å². The summed E-state index contributed by atoms with van der Waals surface area (Å²) in [6, 6.07) is 9.56. The van der Waals surface area contributed by atoms with Gasteiger partial charge in [0.25, 0.3) is 0 Å². The Morgan fingerprint density at radius 2 is 2.04 bits per heavy atom. The molecular weight excluding hydrogens is 326 g/mol. The highest BCUT2D eigenvalue weighted by atomic mass is 16.2. The summed E-state index contributed by atoms with van der Waals surface area (Å²) in [5, 5.41) is 3.33. The molecule has 1 aliphatic heterocycles. The predicted molar refractivity (Wildman–Crippen MR) is 101 cm³/mol. The smallest absolute Gasteiger partial charge is 0.223 e. The lowest BCUT2D eigenvalue weighted by Crippen LogP contribution is -2.48. The second-order valence-corrected chi connectivity index (χ2v) is 6.82. The van der Waals surface area contributed by atoms with Gasteiger partial charge in [-0.25, -0.2) is 0 Å². The molecule has 1 amide bonds. The largest absolute Gasteiger partial charge is 0.333 e. The molecule has 0 bridgehead atoms. The summed E-state index contributed by atoms with van der Waals surface area (Å²) in [4.78, 5) is 31.3. The van der Waals surface area contributed by atoms with Crippen molar-refractivity contribution in [2.75, 3.05) is 19.6 Å². The van der Waals surface area contributed by atoms with E-state index in [1.807, 2.05) is 49.1 Å². The third kappa shape index (κ3) is 4.17. The third-order valence-corrected chi connectivity index (χ3v) is 5.03. The molecular formula is C21H25N3O2. The maximum Gasteiger partial charge on any atom is 0.223 e. The maximum atomic E-state index is 12.8. The molecule has 0 radical (unpaired) electrons. The Kier molecular flexibility index (Phi) is 5.78. The van der Waals surface area contributed by atoms with Crippen LogP contribution in [-0.2, 0) is 4.79 Å². The molecule has 26 heavy (non-hydrogen) atoms. The van der Waals surface area contributed by atoms with E-state index in [1.165, 1.54) is 0 Å². The number of nitrogens with one attached hydrogen (secondary N) is 1. The van der Waals surface area contributed by atoms with Gasteiger partial charge in [0.2, 0.25) is 5.91 Å². The van der Waals surface area contributed by atoms with Gasteiger partial charge in [0.15, 0.2) is 5.78 Å². The Morgan fingerprint density at radius 3 is 2.77 bits per heavy atom. The molecule has 1 unspecified atom stereocenters. The van der Waals surface area contributed by atoms with Crippen LogP contribution in [0.25, 0.3) is 0 Å². The third-order valence-electron chi connectivity index (χ3n) is 5.03. The minimum absolute atomic E-state index is 0.0227. The summed E-state index contributed by atoms with van der Waals surface area (Å²) < 4.78 is 0. The number of benzene rings is 1. The van der Waals surface area contributed by atoms with Gasteiger partial charge in [-0.3, -0.25) is 14.6 Å². The lowest BCUT2D eigenvalue weighted by atomic mass is 10.00. The number of carbonyl (C=O) groups excluding carboxylic acids is 2. The SMILES string of the molecule is Cc1ccc(C(=O)CCC(=O)N2CCNCC2c2cccnc2)cc1C. The molecule has 3 rings (SSSR count).